The highest BCUT2D eigenvalue weighted by Gasteiger charge is 2.21. The summed E-state index contributed by atoms with van der Waals surface area (Å²) >= 11 is 7.25. The van der Waals surface area contributed by atoms with E-state index in [-0.39, 0.29) is 11.3 Å². The van der Waals surface area contributed by atoms with E-state index in [1.165, 1.54) is 11.3 Å². The highest BCUT2D eigenvalue weighted by Crippen LogP contribution is 2.35. The zero-order chi connectivity index (χ0) is 15.4. The summed E-state index contributed by atoms with van der Waals surface area (Å²) in [5.41, 5.74) is 0.839. The molecule has 0 saturated carbocycles. The molecule has 5 nitrogen and oxygen atoms in total. The predicted octanol–water partition coefficient (Wildman–Crippen LogP) is 4.04. The number of esters is 1. The molecule has 0 aliphatic rings. The fraction of sp³-hybridized carbons (Fsp3) is 0.500. The van der Waals surface area contributed by atoms with Crippen LogP contribution in [0, 0.1) is 6.92 Å². The first kappa shape index (κ1) is 16.0. The number of halogens is 1. The number of fused-ring (bicyclic) bond motifs is 1. The monoisotopic (exact) mass is 327 g/mol. The van der Waals surface area contributed by atoms with Crippen molar-refractivity contribution in [2.75, 3.05) is 18.5 Å². The van der Waals surface area contributed by atoms with Gasteiger partial charge in [0.15, 0.2) is 0 Å². The summed E-state index contributed by atoms with van der Waals surface area (Å²) in [6, 6.07) is 0. The standard InChI is InChI=1S/C14H18ClN3O2S/c1-4-6-16-11-9-8(3)10(13(19)20-7-5-2)21-12(9)18-14(15)17-11/h4-7H2,1-3H3,(H,16,17,18). The van der Waals surface area contributed by atoms with Crippen molar-refractivity contribution >= 4 is 44.9 Å². The smallest absolute Gasteiger partial charge is 0.348 e. The summed E-state index contributed by atoms with van der Waals surface area (Å²) in [5.74, 6) is 0.366. The predicted molar refractivity (Wildman–Crippen MR) is 86.5 cm³/mol. The van der Waals surface area contributed by atoms with Crippen LogP contribution in [-0.4, -0.2) is 29.1 Å². The highest BCUT2D eigenvalue weighted by molar-refractivity contribution is 7.20. The molecular weight excluding hydrogens is 310 g/mol. The van der Waals surface area contributed by atoms with Gasteiger partial charge in [-0.3, -0.25) is 0 Å². The molecule has 114 valence electrons. The Kier molecular flexibility index (Phi) is 5.36. The number of ether oxygens (including phenoxy) is 1. The van der Waals surface area contributed by atoms with Crippen molar-refractivity contribution in [1.29, 1.82) is 0 Å². The molecule has 0 bridgehead atoms. The van der Waals surface area contributed by atoms with E-state index in [2.05, 4.69) is 22.2 Å². The molecule has 0 spiro atoms. The van der Waals surface area contributed by atoms with E-state index in [0.717, 1.165) is 30.3 Å². The highest BCUT2D eigenvalue weighted by atomic mass is 35.5. The molecule has 0 unspecified atom stereocenters. The third-order valence-electron chi connectivity index (χ3n) is 2.93. The first-order valence-electron chi connectivity index (χ1n) is 6.96. The van der Waals surface area contributed by atoms with Gasteiger partial charge >= 0.3 is 5.97 Å². The number of thiophene rings is 1. The van der Waals surface area contributed by atoms with Crippen molar-refractivity contribution in [3.8, 4) is 0 Å². The van der Waals surface area contributed by atoms with Gasteiger partial charge in [-0.25, -0.2) is 14.8 Å². The van der Waals surface area contributed by atoms with E-state index < -0.39 is 0 Å². The van der Waals surface area contributed by atoms with E-state index in [9.17, 15) is 4.79 Å². The Morgan fingerprint density at radius 1 is 1.33 bits per heavy atom. The third-order valence-corrected chi connectivity index (χ3v) is 4.26. The van der Waals surface area contributed by atoms with Gasteiger partial charge in [0.1, 0.15) is 15.5 Å². The van der Waals surface area contributed by atoms with Crippen molar-refractivity contribution in [2.24, 2.45) is 0 Å². The molecule has 0 atom stereocenters. The zero-order valence-corrected chi connectivity index (χ0v) is 13.9. The minimum Gasteiger partial charge on any atom is -0.462 e. The maximum absolute atomic E-state index is 12.1. The number of hydrogen-bond acceptors (Lipinski definition) is 6. The molecule has 2 aromatic heterocycles. The van der Waals surface area contributed by atoms with Gasteiger partial charge in [-0.05, 0) is 36.9 Å². The van der Waals surface area contributed by atoms with Crippen LogP contribution in [0.5, 0.6) is 0 Å². The molecule has 1 N–H and O–H groups in total. The maximum Gasteiger partial charge on any atom is 0.348 e. The fourth-order valence-electron chi connectivity index (χ4n) is 1.94. The second kappa shape index (κ2) is 7.04. The van der Waals surface area contributed by atoms with Crippen molar-refractivity contribution in [1.82, 2.24) is 9.97 Å². The molecule has 21 heavy (non-hydrogen) atoms. The van der Waals surface area contributed by atoms with Crippen LogP contribution in [0.15, 0.2) is 0 Å². The summed E-state index contributed by atoms with van der Waals surface area (Å²) in [6.45, 7) is 7.12. The lowest BCUT2D eigenvalue weighted by molar-refractivity contribution is 0.0510. The van der Waals surface area contributed by atoms with Crippen LogP contribution in [0.2, 0.25) is 5.28 Å². The number of rotatable bonds is 6. The third kappa shape index (κ3) is 3.44. The lowest BCUT2D eigenvalue weighted by Gasteiger charge is -2.06. The number of hydrogen-bond donors (Lipinski definition) is 1. The molecule has 0 radical (unpaired) electrons. The van der Waals surface area contributed by atoms with E-state index in [1.54, 1.807) is 0 Å². The van der Waals surface area contributed by atoms with E-state index in [0.29, 0.717) is 22.1 Å². The lowest BCUT2D eigenvalue weighted by atomic mass is 10.2. The molecule has 0 aliphatic carbocycles. The van der Waals surface area contributed by atoms with E-state index >= 15 is 0 Å². The van der Waals surface area contributed by atoms with Crippen LogP contribution < -0.4 is 5.32 Å². The van der Waals surface area contributed by atoms with Gasteiger partial charge < -0.3 is 10.1 Å². The zero-order valence-electron chi connectivity index (χ0n) is 12.3. The molecule has 0 fully saturated rings. The minimum absolute atomic E-state index is 0.177. The topological polar surface area (TPSA) is 64.1 Å². The summed E-state index contributed by atoms with van der Waals surface area (Å²) in [5, 5.41) is 4.26. The number of aryl methyl sites for hydroxylation is 1. The molecule has 0 aliphatic heterocycles. The molecule has 0 aromatic carbocycles. The van der Waals surface area contributed by atoms with E-state index in [4.69, 9.17) is 16.3 Å². The summed E-state index contributed by atoms with van der Waals surface area (Å²) in [7, 11) is 0. The number of carbonyl (C=O) groups excluding carboxylic acids is 1. The molecule has 0 amide bonds. The maximum atomic E-state index is 12.1. The fourth-order valence-corrected chi connectivity index (χ4v) is 3.23. The van der Waals surface area contributed by atoms with Gasteiger partial charge in [-0.2, -0.15) is 0 Å². The molecule has 2 rings (SSSR count). The minimum atomic E-state index is -0.310. The van der Waals surface area contributed by atoms with Crippen LogP contribution >= 0.6 is 22.9 Å². The average Bonchev–Trinajstić information content (AvgIpc) is 2.79. The second-order valence-electron chi connectivity index (χ2n) is 4.64. The largest absolute Gasteiger partial charge is 0.462 e. The van der Waals surface area contributed by atoms with Crippen LogP contribution in [0.1, 0.15) is 41.9 Å². The Morgan fingerprint density at radius 3 is 2.76 bits per heavy atom. The molecule has 2 heterocycles. The average molecular weight is 328 g/mol. The molecule has 0 saturated heterocycles. The number of nitrogens with one attached hydrogen (secondary N) is 1. The second-order valence-corrected chi connectivity index (χ2v) is 5.98. The Balaban J connectivity index is 2.46. The van der Waals surface area contributed by atoms with Crippen molar-refractivity contribution in [3.05, 3.63) is 15.7 Å². The SMILES string of the molecule is CCCNc1nc(Cl)nc2sc(C(=O)OCCC)c(C)c12. The van der Waals surface area contributed by atoms with Gasteiger partial charge in [0.05, 0.1) is 12.0 Å². The van der Waals surface area contributed by atoms with Gasteiger partial charge in [-0.1, -0.05) is 13.8 Å². The van der Waals surface area contributed by atoms with Crippen LogP contribution in [0.3, 0.4) is 0 Å². The molecule has 2 aromatic rings. The summed E-state index contributed by atoms with van der Waals surface area (Å²) in [6.07, 6.45) is 1.77. The Bertz CT molecular complexity index is 657. The van der Waals surface area contributed by atoms with Gasteiger partial charge in [0.25, 0.3) is 0 Å². The van der Waals surface area contributed by atoms with Gasteiger partial charge in [-0.15, -0.1) is 11.3 Å². The summed E-state index contributed by atoms with van der Waals surface area (Å²) in [4.78, 5) is 21.8. The number of anilines is 1. The van der Waals surface area contributed by atoms with Crippen LogP contribution in [0.25, 0.3) is 10.2 Å². The van der Waals surface area contributed by atoms with Gasteiger partial charge in [0.2, 0.25) is 5.28 Å². The quantitative estimate of drug-likeness (QED) is 0.640. The molecular formula is C14H18ClN3O2S. The van der Waals surface area contributed by atoms with Gasteiger partial charge in [0, 0.05) is 6.54 Å². The van der Waals surface area contributed by atoms with Crippen LogP contribution in [-0.2, 0) is 4.74 Å². The summed E-state index contributed by atoms with van der Waals surface area (Å²) < 4.78 is 5.21. The van der Waals surface area contributed by atoms with E-state index in [1.807, 2.05) is 13.8 Å². The van der Waals surface area contributed by atoms with Crippen molar-refractivity contribution in [3.63, 3.8) is 0 Å². The number of nitrogens with zero attached hydrogens (tertiary/aromatic N) is 2. The first-order valence-corrected chi connectivity index (χ1v) is 8.15. The normalized spacial score (nSPS) is 10.9. The van der Waals surface area contributed by atoms with Crippen molar-refractivity contribution < 1.29 is 9.53 Å². The Hall–Kier alpha value is -1.40. The number of carbonyl (C=O) groups is 1. The molecule has 7 heteroatoms. The van der Waals surface area contributed by atoms with Crippen LogP contribution in [0.4, 0.5) is 5.82 Å². The Labute approximate surface area is 132 Å². The number of aromatic nitrogens is 2. The Morgan fingerprint density at radius 2 is 2.10 bits per heavy atom. The first-order chi connectivity index (χ1) is 10.1. The van der Waals surface area contributed by atoms with Crippen molar-refractivity contribution in [2.45, 2.75) is 33.6 Å². The lowest BCUT2D eigenvalue weighted by Crippen LogP contribution is -2.06.